The minimum Gasteiger partial charge on any atom is -0.494 e. The van der Waals surface area contributed by atoms with Crippen molar-refractivity contribution < 1.29 is 27.8 Å². The third-order valence-corrected chi connectivity index (χ3v) is 8.05. The van der Waals surface area contributed by atoms with Crippen molar-refractivity contribution in [3.05, 3.63) is 75.7 Å². The molecule has 230 valence electrons. The summed E-state index contributed by atoms with van der Waals surface area (Å²) in [6.07, 6.45) is -0.447. The Kier molecular flexibility index (Phi) is 8.61. The number of nitrogens with zero attached hydrogens (tertiary/aromatic N) is 5. The summed E-state index contributed by atoms with van der Waals surface area (Å²) in [7, 11) is 4.97. The van der Waals surface area contributed by atoms with Gasteiger partial charge in [-0.25, -0.2) is 0 Å². The van der Waals surface area contributed by atoms with Gasteiger partial charge < -0.3 is 15.2 Å². The molecule has 0 radical (unpaired) electrons. The molecule has 0 unspecified atom stereocenters. The van der Waals surface area contributed by atoms with E-state index in [-0.39, 0.29) is 29.1 Å². The Morgan fingerprint density at radius 1 is 1.21 bits per heavy atom. The smallest absolute Gasteiger partial charge is 0.416 e. The fourth-order valence-electron chi connectivity index (χ4n) is 5.24. The number of aromatic nitrogens is 2. The summed E-state index contributed by atoms with van der Waals surface area (Å²) in [4.78, 5) is 15.4. The summed E-state index contributed by atoms with van der Waals surface area (Å²) in [5.41, 5.74) is 5.77. The predicted octanol–water partition coefficient (Wildman–Crippen LogP) is 4.79. The number of halogens is 4. The number of benzene rings is 2. The quantitative estimate of drug-likeness (QED) is 0.348. The lowest BCUT2D eigenvalue weighted by molar-refractivity contribution is -0.137. The second-order valence-electron chi connectivity index (χ2n) is 10.6. The standard InChI is InChI=1S/C29H33ClF3N7O3/c1-17-22(14-34-37(17)2)25-16-40(38(3)36-25)26-12-18(5-6-23(26)30)28(42)35-24-13-20(29(31,32)33)11-19(27(24)43-4)15-39-9-7-21(41)8-10-39/h5-6,11-14,16,21,36,41H,7-10,15H2,1-4H3,(H,35,42). The molecule has 0 bridgehead atoms. The minimum absolute atomic E-state index is 0.0972. The zero-order valence-corrected chi connectivity index (χ0v) is 24.9. The van der Waals surface area contributed by atoms with E-state index in [2.05, 4.69) is 15.8 Å². The fourth-order valence-corrected chi connectivity index (χ4v) is 5.44. The predicted molar refractivity (Wildman–Crippen MR) is 157 cm³/mol. The number of hydrogen-bond donors (Lipinski definition) is 3. The Bertz CT molecular complexity index is 1550. The molecule has 1 fully saturated rings. The van der Waals surface area contributed by atoms with Gasteiger partial charge in [-0.15, -0.1) is 5.12 Å². The molecule has 2 aliphatic rings. The highest BCUT2D eigenvalue weighted by Gasteiger charge is 2.33. The molecule has 1 aromatic heterocycles. The number of likely N-dealkylation sites (tertiary alicyclic amines) is 1. The molecule has 0 atom stereocenters. The normalized spacial score (nSPS) is 16.8. The maximum atomic E-state index is 13.9. The average molecular weight is 620 g/mol. The van der Waals surface area contributed by atoms with Gasteiger partial charge in [0.2, 0.25) is 0 Å². The van der Waals surface area contributed by atoms with Crippen LogP contribution in [-0.4, -0.2) is 64.2 Å². The van der Waals surface area contributed by atoms with Crippen LogP contribution in [-0.2, 0) is 19.8 Å². The molecule has 1 amide bonds. The lowest BCUT2D eigenvalue weighted by Gasteiger charge is -2.30. The van der Waals surface area contributed by atoms with E-state index in [0.717, 1.165) is 29.1 Å². The molecule has 0 saturated carbocycles. The second kappa shape index (κ2) is 12.1. The highest BCUT2D eigenvalue weighted by molar-refractivity contribution is 6.33. The van der Waals surface area contributed by atoms with Gasteiger partial charge in [0.15, 0.2) is 0 Å². The van der Waals surface area contributed by atoms with Gasteiger partial charge in [-0.1, -0.05) is 11.6 Å². The highest BCUT2D eigenvalue weighted by atomic mass is 35.5. The van der Waals surface area contributed by atoms with Crippen LogP contribution in [0.3, 0.4) is 0 Å². The number of ether oxygens (including phenoxy) is 1. The monoisotopic (exact) mass is 619 g/mol. The number of aryl methyl sites for hydroxylation is 1. The number of rotatable bonds is 7. The molecule has 5 rings (SSSR count). The first-order chi connectivity index (χ1) is 20.3. The number of amides is 1. The number of aliphatic hydroxyl groups is 1. The van der Waals surface area contributed by atoms with Gasteiger partial charge >= 0.3 is 6.18 Å². The van der Waals surface area contributed by atoms with E-state index < -0.39 is 23.8 Å². The molecule has 2 aliphatic heterocycles. The number of carbonyl (C=O) groups excluding carboxylic acids is 1. The summed E-state index contributed by atoms with van der Waals surface area (Å²) in [5.74, 6) is -0.491. The number of hydrogen-bond acceptors (Lipinski definition) is 8. The summed E-state index contributed by atoms with van der Waals surface area (Å²) < 4.78 is 49.0. The van der Waals surface area contributed by atoms with Crippen LogP contribution in [0.4, 0.5) is 24.5 Å². The van der Waals surface area contributed by atoms with Crippen molar-refractivity contribution in [3.63, 3.8) is 0 Å². The van der Waals surface area contributed by atoms with E-state index in [1.54, 1.807) is 40.2 Å². The molecule has 0 spiro atoms. The highest BCUT2D eigenvalue weighted by Crippen LogP contribution is 2.39. The molecule has 14 heteroatoms. The van der Waals surface area contributed by atoms with Crippen LogP contribution in [0, 0.1) is 6.92 Å². The van der Waals surface area contributed by atoms with Crippen molar-refractivity contribution in [1.82, 2.24) is 25.2 Å². The number of anilines is 2. The van der Waals surface area contributed by atoms with Crippen LogP contribution in [0.2, 0.25) is 5.02 Å². The number of hydrazine groups is 2. The van der Waals surface area contributed by atoms with Crippen LogP contribution >= 0.6 is 11.6 Å². The fraction of sp³-hybridized carbons (Fsp3) is 0.379. The molecule has 3 N–H and O–H groups in total. The number of alkyl halides is 3. The summed E-state index contributed by atoms with van der Waals surface area (Å²) >= 11 is 6.54. The van der Waals surface area contributed by atoms with Crippen molar-refractivity contribution in [1.29, 1.82) is 0 Å². The Hall–Kier alpha value is -3.78. The maximum Gasteiger partial charge on any atom is 0.416 e. The van der Waals surface area contributed by atoms with Crippen LogP contribution < -0.4 is 20.5 Å². The SMILES string of the molecule is COc1c(CN2CCC(O)CC2)cc(C(F)(F)F)cc1NC(=O)c1ccc(Cl)c(N2C=C(c3cnn(C)c3C)NN2C)c1. The van der Waals surface area contributed by atoms with Gasteiger partial charge in [0, 0.05) is 62.3 Å². The van der Waals surface area contributed by atoms with Gasteiger partial charge in [-0.05, 0) is 50.1 Å². The third kappa shape index (κ3) is 6.44. The van der Waals surface area contributed by atoms with E-state index in [0.29, 0.717) is 36.6 Å². The third-order valence-electron chi connectivity index (χ3n) is 7.73. The first kappa shape index (κ1) is 30.7. The Morgan fingerprint density at radius 2 is 1.93 bits per heavy atom. The van der Waals surface area contributed by atoms with Gasteiger partial charge in [0.1, 0.15) is 5.75 Å². The molecule has 3 aromatic rings. The van der Waals surface area contributed by atoms with E-state index >= 15 is 0 Å². The van der Waals surface area contributed by atoms with Crippen LogP contribution in [0.15, 0.2) is 42.7 Å². The van der Waals surface area contributed by atoms with E-state index in [4.69, 9.17) is 16.3 Å². The number of methoxy groups -OCH3 is 1. The molecule has 3 heterocycles. The Labute approximate surface area is 252 Å². The molecule has 2 aromatic carbocycles. The van der Waals surface area contributed by atoms with Crippen molar-refractivity contribution in [2.45, 2.75) is 38.6 Å². The lowest BCUT2D eigenvalue weighted by atomic mass is 10.0. The van der Waals surface area contributed by atoms with E-state index in [1.807, 2.05) is 25.1 Å². The van der Waals surface area contributed by atoms with Gasteiger partial charge in [-0.2, -0.15) is 18.3 Å². The Morgan fingerprint density at radius 3 is 2.56 bits per heavy atom. The van der Waals surface area contributed by atoms with Crippen molar-refractivity contribution in [2.24, 2.45) is 7.05 Å². The molecule has 10 nitrogen and oxygen atoms in total. The molecule has 0 aliphatic carbocycles. The number of aliphatic hydroxyl groups excluding tert-OH is 1. The van der Waals surface area contributed by atoms with Gasteiger partial charge in [0.05, 0.1) is 47.1 Å². The second-order valence-corrected chi connectivity index (χ2v) is 11.0. The first-order valence-electron chi connectivity index (χ1n) is 13.7. The maximum absolute atomic E-state index is 13.9. The molecule has 1 saturated heterocycles. The first-order valence-corrected chi connectivity index (χ1v) is 14.0. The van der Waals surface area contributed by atoms with E-state index in [9.17, 15) is 23.1 Å². The summed E-state index contributed by atoms with van der Waals surface area (Å²) in [5, 5.41) is 20.5. The van der Waals surface area contributed by atoms with Gasteiger partial charge in [0.25, 0.3) is 5.91 Å². The lowest BCUT2D eigenvalue weighted by Crippen LogP contribution is -2.39. The molecular formula is C29H33ClF3N7O3. The van der Waals surface area contributed by atoms with Crippen molar-refractivity contribution >= 4 is 34.6 Å². The van der Waals surface area contributed by atoms with Crippen molar-refractivity contribution in [2.75, 3.05) is 37.6 Å². The number of nitrogens with one attached hydrogen (secondary N) is 2. The molecule has 43 heavy (non-hydrogen) atoms. The topological polar surface area (TPSA) is 98.1 Å². The van der Waals surface area contributed by atoms with Crippen LogP contribution in [0.25, 0.3) is 5.70 Å². The zero-order chi connectivity index (χ0) is 31.1. The largest absolute Gasteiger partial charge is 0.494 e. The summed E-state index contributed by atoms with van der Waals surface area (Å²) in [6.45, 7) is 3.18. The van der Waals surface area contributed by atoms with Crippen LogP contribution in [0.5, 0.6) is 5.75 Å². The minimum atomic E-state index is -4.64. The molecular weight excluding hydrogens is 587 g/mol. The number of carbonyl (C=O) groups is 1. The Balaban J connectivity index is 1.44. The van der Waals surface area contributed by atoms with E-state index in [1.165, 1.54) is 13.2 Å². The van der Waals surface area contributed by atoms with Gasteiger partial charge in [-0.3, -0.25) is 24.8 Å². The zero-order valence-electron chi connectivity index (χ0n) is 24.2. The van der Waals surface area contributed by atoms with Crippen LogP contribution in [0.1, 0.15) is 45.6 Å². The average Bonchev–Trinajstić information content (AvgIpc) is 3.50. The number of piperidine rings is 1. The summed E-state index contributed by atoms with van der Waals surface area (Å²) in [6, 6.07) is 6.54. The van der Waals surface area contributed by atoms with Crippen molar-refractivity contribution in [3.8, 4) is 5.75 Å².